The van der Waals surface area contributed by atoms with E-state index in [-0.39, 0.29) is 6.10 Å². The van der Waals surface area contributed by atoms with E-state index in [0.29, 0.717) is 17.8 Å². The molecule has 14 heavy (non-hydrogen) atoms. The minimum Gasteiger partial charge on any atom is -0.393 e. The Bertz CT molecular complexity index is 125. The van der Waals surface area contributed by atoms with E-state index in [1.807, 2.05) is 0 Å². The van der Waals surface area contributed by atoms with Gasteiger partial charge in [-0.25, -0.2) is 0 Å². The number of rotatable bonds is 7. The van der Waals surface area contributed by atoms with Crippen molar-refractivity contribution in [2.24, 2.45) is 17.8 Å². The number of aliphatic hydroxyl groups is 1. The molecule has 0 saturated carbocycles. The lowest BCUT2D eigenvalue weighted by Gasteiger charge is -2.29. The Hall–Kier alpha value is -0.0400. The molecule has 0 bridgehead atoms. The van der Waals surface area contributed by atoms with Crippen LogP contribution >= 0.6 is 0 Å². The molecule has 0 aromatic carbocycles. The Morgan fingerprint density at radius 2 is 1.36 bits per heavy atom. The lowest BCUT2D eigenvalue weighted by molar-refractivity contribution is 0.0303. The van der Waals surface area contributed by atoms with Crippen molar-refractivity contribution in [1.29, 1.82) is 0 Å². The summed E-state index contributed by atoms with van der Waals surface area (Å²) in [5, 5.41) is 10.2. The van der Waals surface area contributed by atoms with Crippen LogP contribution in [0.4, 0.5) is 0 Å². The zero-order valence-corrected chi connectivity index (χ0v) is 10.6. The first kappa shape index (κ1) is 14.0. The van der Waals surface area contributed by atoms with Gasteiger partial charge in [-0.1, -0.05) is 47.5 Å². The summed E-state index contributed by atoms with van der Waals surface area (Å²) >= 11 is 0. The van der Waals surface area contributed by atoms with Crippen LogP contribution in [0, 0.1) is 17.8 Å². The van der Waals surface area contributed by atoms with Crippen LogP contribution in [0.5, 0.6) is 0 Å². The highest BCUT2D eigenvalue weighted by molar-refractivity contribution is 4.75. The van der Waals surface area contributed by atoms with Gasteiger partial charge in [0.2, 0.25) is 0 Å². The maximum absolute atomic E-state index is 10.2. The largest absolute Gasteiger partial charge is 0.393 e. The molecule has 0 aliphatic rings. The van der Waals surface area contributed by atoms with Gasteiger partial charge in [-0.2, -0.15) is 0 Å². The van der Waals surface area contributed by atoms with Gasteiger partial charge in [-0.15, -0.1) is 0 Å². The van der Waals surface area contributed by atoms with E-state index in [1.165, 1.54) is 25.7 Å². The molecule has 0 fully saturated rings. The molecule has 0 aliphatic carbocycles. The third kappa shape index (κ3) is 4.45. The molecule has 0 spiro atoms. The van der Waals surface area contributed by atoms with Gasteiger partial charge < -0.3 is 5.11 Å². The van der Waals surface area contributed by atoms with Crippen LogP contribution in [0.3, 0.4) is 0 Å². The monoisotopic (exact) mass is 200 g/mol. The number of hydrogen-bond acceptors (Lipinski definition) is 1. The van der Waals surface area contributed by atoms with E-state index in [1.54, 1.807) is 0 Å². The number of aliphatic hydroxyl groups excluding tert-OH is 1. The maximum atomic E-state index is 10.2. The summed E-state index contributed by atoms with van der Waals surface area (Å²) < 4.78 is 0. The molecule has 1 nitrogen and oxygen atoms in total. The van der Waals surface area contributed by atoms with Gasteiger partial charge in [0.15, 0.2) is 0 Å². The van der Waals surface area contributed by atoms with Crippen LogP contribution in [0.25, 0.3) is 0 Å². The van der Waals surface area contributed by atoms with Gasteiger partial charge in [0.05, 0.1) is 6.10 Å². The van der Waals surface area contributed by atoms with E-state index in [2.05, 4.69) is 34.6 Å². The minimum absolute atomic E-state index is 0.102. The minimum atomic E-state index is -0.102. The van der Waals surface area contributed by atoms with Crippen molar-refractivity contribution in [3.63, 3.8) is 0 Å². The van der Waals surface area contributed by atoms with Crippen LogP contribution in [-0.2, 0) is 0 Å². The first-order valence-corrected chi connectivity index (χ1v) is 6.22. The summed E-state index contributed by atoms with van der Waals surface area (Å²) in [6.07, 6.45) is 4.62. The summed E-state index contributed by atoms with van der Waals surface area (Å²) in [6, 6.07) is 0. The van der Waals surface area contributed by atoms with Crippen molar-refractivity contribution < 1.29 is 5.11 Å². The molecule has 0 heterocycles. The molecule has 1 N–H and O–H groups in total. The van der Waals surface area contributed by atoms with Gasteiger partial charge in [-0.3, -0.25) is 0 Å². The number of hydrogen-bond donors (Lipinski definition) is 1. The van der Waals surface area contributed by atoms with Gasteiger partial charge in [0, 0.05) is 0 Å². The predicted molar refractivity (Wildman–Crippen MR) is 63.3 cm³/mol. The Morgan fingerprint density at radius 3 is 1.64 bits per heavy atom. The highest BCUT2D eigenvalue weighted by Gasteiger charge is 2.25. The third-order valence-electron chi connectivity index (χ3n) is 3.39. The van der Waals surface area contributed by atoms with Crippen LogP contribution in [0.15, 0.2) is 0 Å². The van der Waals surface area contributed by atoms with Gasteiger partial charge in [-0.05, 0) is 30.6 Å². The van der Waals surface area contributed by atoms with E-state index < -0.39 is 0 Å². The SMILES string of the molecule is CCCC(CCC)C(O)C(C)C(C)C. The molecule has 2 atom stereocenters. The lowest BCUT2D eigenvalue weighted by atomic mass is 9.81. The lowest BCUT2D eigenvalue weighted by Crippen LogP contribution is -2.30. The zero-order chi connectivity index (χ0) is 11.1. The van der Waals surface area contributed by atoms with Gasteiger partial charge >= 0.3 is 0 Å². The third-order valence-corrected chi connectivity index (χ3v) is 3.39. The molecular formula is C13H28O. The molecule has 2 unspecified atom stereocenters. The van der Waals surface area contributed by atoms with E-state index >= 15 is 0 Å². The molecular weight excluding hydrogens is 172 g/mol. The molecule has 1 heteroatoms. The molecule has 86 valence electrons. The molecule has 0 radical (unpaired) electrons. The second-order valence-corrected chi connectivity index (χ2v) is 4.93. The van der Waals surface area contributed by atoms with E-state index in [4.69, 9.17) is 0 Å². The molecule has 0 aromatic heterocycles. The van der Waals surface area contributed by atoms with Crippen molar-refractivity contribution in [2.45, 2.75) is 66.4 Å². The van der Waals surface area contributed by atoms with Crippen LogP contribution < -0.4 is 0 Å². The second kappa shape index (κ2) is 7.28. The van der Waals surface area contributed by atoms with Crippen LogP contribution in [0.1, 0.15) is 60.3 Å². The van der Waals surface area contributed by atoms with Crippen molar-refractivity contribution >= 4 is 0 Å². The van der Waals surface area contributed by atoms with Crippen molar-refractivity contribution in [3.05, 3.63) is 0 Å². The highest BCUT2D eigenvalue weighted by Crippen LogP contribution is 2.26. The second-order valence-electron chi connectivity index (χ2n) is 4.93. The first-order chi connectivity index (χ1) is 6.54. The summed E-state index contributed by atoms with van der Waals surface area (Å²) in [5.41, 5.74) is 0. The fourth-order valence-corrected chi connectivity index (χ4v) is 2.05. The summed E-state index contributed by atoms with van der Waals surface area (Å²) in [5.74, 6) is 1.53. The average molecular weight is 200 g/mol. The highest BCUT2D eigenvalue weighted by atomic mass is 16.3. The van der Waals surface area contributed by atoms with Crippen molar-refractivity contribution in [1.82, 2.24) is 0 Å². The Kier molecular flexibility index (Phi) is 7.26. The normalized spacial score (nSPS) is 16.3. The van der Waals surface area contributed by atoms with Crippen LogP contribution in [-0.4, -0.2) is 11.2 Å². The molecule has 0 saturated heterocycles. The summed E-state index contributed by atoms with van der Waals surface area (Å²) in [7, 11) is 0. The molecule has 0 amide bonds. The predicted octanol–water partition coefficient (Wildman–Crippen LogP) is 3.86. The van der Waals surface area contributed by atoms with Crippen molar-refractivity contribution in [3.8, 4) is 0 Å². The van der Waals surface area contributed by atoms with Crippen molar-refractivity contribution in [2.75, 3.05) is 0 Å². The Morgan fingerprint density at radius 1 is 0.929 bits per heavy atom. The first-order valence-electron chi connectivity index (χ1n) is 6.22. The fraction of sp³-hybridized carbons (Fsp3) is 1.00. The maximum Gasteiger partial charge on any atom is 0.0596 e. The van der Waals surface area contributed by atoms with E-state index in [0.717, 1.165) is 0 Å². The summed E-state index contributed by atoms with van der Waals surface area (Å²) in [4.78, 5) is 0. The zero-order valence-electron chi connectivity index (χ0n) is 10.6. The van der Waals surface area contributed by atoms with Gasteiger partial charge in [0.25, 0.3) is 0 Å². The molecule has 0 aliphatic heterocycles. The molecule has 0 aromatic rings. The average Bonchev–Trinajstić information content (AvgIpc) is 2.15. The smallest absolute Gasteiger partial charge is 0.0596 e. The summed E-state index contributed by atoms with van der Waals surface area (Å²) in [6.45, 7) is 11.0. The Balaban J connectivity index is 4.18. The van der Waals surface area contributed by atoms with E-state index in [9.17, 15) is 5.11 Å². The van der Waals surface area contributed by atoms with Gasteiger partial charge in [0.1, 0.15) is 0 Å². The topological polar surface area (TPSA) is 20.2 Å². The molecule has 0 rings (SSSR count). The standard InChI is InChI=1S/C13H28O/c1-6-8-12(9-7-2)13(14)11(5)10(3)4/h10-14H,6-9H2,1-5H3. The fourth-order valence-electron chi connectivity index (χ4n) is 2.05. The van der Waals surface area contributed by atoms with Crippen LogP contribution in [0.2, 0.25) is 0 Å². The Labute approximate surface area is 89.9 Å². The quantitative estimate of drug-likeness (QED) is 0.661.